The summed E-state index contributed by atoms with van der Waals surface area (Å²) in [5.41, 5.74) is 0. The molecule has 9 heavy (non-hydrogen) atoms. The van der Waals surface area contributed by atoms with Crippen molar-refractivity contribution < 1.29 is 42.5 Å². The van der Waals surface area contributed by atoms with Crippen LogP contribution in [0.2, 0.25) is 0 Å². The topological polar surface area (TPSA) is 57.2 Å². The number of hydrogen-bond acceptors (Lipinski definition) is 3. The zero-order valence-corrected chi connectivity index (χ0v) is 8.31. The van der Waals surface area contributed by atoms with Crippen LogP contribution in [0.1, 0.15) is 6.92 Å². The third-order valence-electron chi connectivity index (χ3n) is 0.787. The molecule has 0 aromatic carbocycles. The van der Waals surface area contributed by atoms with Gasteiger partial charge in [-0.3, -0.25) is 0 Å². The molecular weight excluding hydrogens is 151 g/mol. The zero-order chi connectivity index (χ0) is 6.78. The van der Waals surface area contributed by atoms with E-state index in [9.17, 15) is 13.0 Å². The van der Waals surface area contributed by atoms with E-state index in [4.69, 9.17) is 0 Å². The fourth-order valence-corrected chi connectivity index (χ4v) is 0.354. The summed E-state index contributed by atoms with van der Waals surface area (Å²) in [4.78, 5) is 0. The van der Waals surface area contributed by atoms with Gasteiger partial charge in [0.2, 0.25) is 0 Å². The molecule has 3 nitrogen and oxygen atoms in total. The van der Waals surface area contributed by atoms with Crippen molar-refractivity contribution in [2.45, 2.75) is 12.2 Å². The van der Waals surface area contributed by atoms with Gasteiger partial charge in [-0.05, 0) is 6.92 Å². The van der Waals surface area contributed by atoms with Gasteiger partial charge in [0.15, 0.2) is 0 Å². The van der Waals surface area contributed by atoms with E-state index in [1.807, 2.05) is 0 Å². The zero-order valence-electron chi connectivity index (χ0n) is 5.49. The maximum absolute atomic E-state index is 9.94. The predicted molar refractivity (Wildman–Crippen MR) is 29.4 cm³/mol. The van der Waals surface area contributed by atoms with Crippen LogP contribution >= 0.6 is 0 Å². The fourth-order valence-electron chi connectivity index (χ4n) is 0.118. The van der Waals surface area contributed by atoms with Crippen molar-refractivity contribution in [2.24, 2.45) is 0 Å². The van der Waals surface area contributed by atoms with E-state index in [0.717, 1.165) is 6.08 Å². The molecule has 0 heterocycles. The van der Waals surface area contributed by atoms with Crippen LogP contribution in [0.15, 0.2) is 12.7 Å². The third kappa shape index (κ3) is 5.11. The largest absolute Gasteiger partial charge is 1.00 e. The van der Waals surface area contributed by atoms with Gasteiger partial charge in [0.1, 0.15) is 10.1 Å². The van der Waals surface area contributed by atoms with Crippen molar-refractivity contribution in [2.75, 3.05) is 0 Å². The molecule has 0 radical (unpaired) electrons. The van der Waals surface area contributed by atoms with E-state index >= 15 is 0 Å². The first-order chi connectivity index (χ1) is 3.48. The van der Waals surface area contributed by atoms with Crippen molar-refractivity contribution in [1.29, 1.82) is 0 Å². The Hall–Kier alpha value is 0.650. The van der Waals surface area contributed by atoms with Crippen LogP contribution in [0.4, 0.5) is 0 Å². The van der Waals surface area contributed by atoms with E-state index in [2.05, 4.69) is 6.58 Å². The summed E-state index contributed by atoms with van der Waals surface area (Å²) in [6, 6.07) is 0. The average Bonchev–Trinajstić information content (AvgIpc) is 1.62. The van der Waals surface area contributed by atoms with E-state index in [1.54, 1.807) is 0 Å². The quantitative estimate of drug-likeness (QED) is 0.246. The molecule has 0 aromatic heterocycles. The van der Waals surface area contributed by atoms with E-state index < -0.39 is 15.4 Å². The molecule has 0 aliphatic carbocycles. The van der Waals surface area contributed by atoms with Gasteiger partial charge in [0, 0.05) is 0 Å². The van der Waals surface area contributed by atoms with Crippen LogP contribution in [0.5, 0.6) is 0 Å². The van der Waals surface area contributed by atoms with Gasteiger partial charge in [-0.1, -0.05) is 6.08 Å². The molecule has 0 N–H and O–H groups in total. The number of hydrogen-bond donors (Lipinski definition) is 0. The van der Waals surface area contributed by atoms with Crippen LogP contribution in [0.3, 0.4) is 0 Å². The molecular formula is C4H7NaO3S. The Balaban J connectivity index is 0. The Morgan fingerprint density at radius 1 is 1.67 bits per heavy atom. The summed E-state index contributed by atoms with van der Waals surface area (Å²) in [6.45, 7) is 4.43. The molecule has 0 bridgehead atoms. The van der Waals surface area contributed by atoms with E-state index in [-0.39, 0.29) is 29.6 Å². The van der Waals surface area contributed by atoms with Crippen molar-refractivity contribution in [3.63, 3.8) is 0 Å². The van der Waals surface area contributed by atoms with Crippen LogP contribution in [0, 0.1) is 0 Å². The SMILES string of the molecule is C=CC(C)S(=O)(=O)[O-].[Na+]. The second-order valence-electron chi connectivity index (χ2n) is 1.43. The summed E-state index contributed by atoms with van der Waals surface area (Å²) < 4.78 is 29.8. The molecule has 0 fully saturated rings. The van der Waals surface area contributed by atoms with Gasteiger partial charge in [-0.15, -0.1) is 6.58 Å². The predicted octanol–water partition coefficient (Wildman–Crippen LogP) is -2.89. The Morgan fingerprint density at radius 3 is 2.00 bits per heavy atom. The smallest absolute Gasteiger partial charge is 0.747 e. The van der Waals surface area contributed by atoms with Crippen LogP contribution in [0.25, 0.3) is 0 Å². The maximum Gasteiger partial charge on any atom is 1.00 e. The monoisotopic (exact) mass is 158 g/mol. The molecule has 0 spiro atoms. The maximum atomic E-state index is 9.94. The van der Waals surface area contributed by atoms with Gasteiger partial charge in [-0.25, -0.2) is 8.42 Å². The molecule has 0 saturated heterocycles. The molecule has 0 aliphatic rings. The molecule has 0 aliphatic heterocycles. The summed E-state index contributed by atoms with van der Waals surface area (Å²) >= 11 is 0. The molecule has 0 amide bonds. The molecule has 1 unspecified atom stereocenters. The number of rotatable bonds is 2. The van der Waals surface area contributed by atoms with Gasteiger partial charge in [0.25, 0.3) is 0 Å². The first kappa shape index (κ1) is 12.3. The Kier molecular flexibility index (Phi) is 6.12. The van der Waals surface area contributed by atoms with Crippen molar-refractivity contribution >= 4 is 10.1 Å². The molecule has 0 aromatic rings. The molecule has 1 atom stereocenters. The van der Waals surface area contributed by atoms with E-state index in [0.29, 0.717) is 0 Å². The van der Waals surface area contributed by atoms with E-state index in [1.165, 1.54) is 6.92 Å². The van der Waals surface area contributed by atoms with Gasteiger partial charge >= 0.3 is 29.6 Å². The minimum absolute atomic E-state index is 0. The molecule has 0 saturated carbocycles. The summed E-state index contributed by atoms with van der Waals surface area (Å²) in [6.07, 6.45) is 1.10. The second-order valence-corrected chi connectivity index (χ2v) is 3.16. The second kappa shape index (κ2) is 4.46. The van der Waals surface area contributed by atoms with Crippen LogP contribution in [-0.4, -0.2) is 18.2 Å². The van der Waals surface area contributed by atoms with Crippen molar-refractivity contribution in [3.8, 4) is 0 Å². The first-order valence-corrected chi connectivity index (χ1v) is 3.53. The first-order valence-electron chi connectivity index (χ1n) is 2.05. The average molecular weight is 158 g/mol. The summed E-state index contributed by atoms with van der Waals surface area (Å²) in [5.74, 6) is 0. The van der Waals surface area contributed by atoms with Crippen LogP contribution < -0.4 is 29.6 Å². The third-order valence-corrected chi connectivity index (χ3v) is 1.89. The molecule has 48 valence electrons. The van der Waals surface area contributed by atoms with Crippen molar-refractivity contribution in [3.05, 3.63) is 12.7 Å². The van der Waals surface area contributed by atoms with Gasteiger partial charge in [0.05, 0.1) is 5.25 Å². The Labute approximate surface area is 77.2 Å². The summed E-state index contributed by atoms with van der Waals surface area (Å²) in [5, 5.41) is -0.970. The fraction of sp³-hybridized carbons (Fsp3) is 0.500. The molecule has 0 rings (SSSR count). The Bertz CT molecular complexity index is 172. The van der Waals surface area contributed by atoms with Crippen molar-refractivity contribution in [1.82, 2.24) is 0 Å². The minimum Gasteiger partial charge on any atom is -0.747 e. The normalized spacial score (nSPS) is 13.6. The minimum atomic E-state index is -4.12. The Morgan fingerprint density at radius 2 is 2.00 bits per heavy atom. The summed E-state index contributed by atoms with van der Waals surface area (Å²) in [7, 11) is -4.12. The van der Waals surface area contributed by atoms with Crippen LogP contribution in [-0.2, 0) is 10.1 Å². The molecule has 5 heteroatoms. The van der Waals surface area contributed by atoms with Gasteiger partial charge in [-0.2, -0.15) is 0 Å². The van der Waals surface area contributed by atoms with Gasteiger partial charge < -0.3 is 4.55 Å². The standard InChI is InChI=1S/C4H8O3S.Na/c1-3-4(2)8(5,6)7;/h3-4H,1H2,2H3,(H,5,6,7);/q;+1/p-1.